The van der Waals surface area contributed by atoms with Crippen LogP contribution in [-0.2, 0) is 6.73 Å². The molecule has 0 saturated carbocycles. The van der Waals surface area contributed by atoms with Crippen LogP contribution in [0.3, 0.4) is 0 Å². The van der Waals surface area contributed by atoms with Gasteiger partial charge in [0.1, 0.15) is 5.75 Å². The highest BCUT2D eigenvalue weighted by Crippen LogP contribution is 2.29. The average Bonchev–Trinajstić information content (AvgIpc) is 3.24. The molecular weight excluding hydrogens is 490 g/mol. The van der Waals surface area contributed by atoms with E-state index in [9.17, 15) is 14.9 Å². The molecule has 0 saturated heterocycles. The number of rotatable bonds is 6. The summed E-state index contributed by atoms with van der Waals surface area (Å²) < 4.78 is 7.82. The van der Waals surface area contributed by atoms with E-state index >= 15 is 0 Å². The molecule has 0 aliphatic rings. The zero-order valence-corrected chi connectivity index (χ0v) is 18.0. The molecule has 0 aliphatic carbocycles. The van der Waals surface area contributed by atoms with Crippen LogP contribution in [0.4, 0.5) is 11.4 Å². The minimum absolute atomic E-state index is 0.0341. The molecule has 4 rings (SSSR count). The van der Waals surface area contributed by atoms with Crippen molar-refractivity contribution < 1.29 is 14.5 Å². The van der Waals surface area contributed by atoms with E-state index < -0.39 is 10.8 Å². The Labute approximate surface area is 188 Å². The minimum Gasteiger partial charge on any atom is -0.470 e. The molecule has 2 aromatic heterocycles. The Hall–Kier alpha value is -3.50. The summed E-state index contributed by atoms with van der Waals surface area (Å²) in [5, 5.41) is 18.8. The number of hydrogen-bond acceptors (Lipinski definition) is 6. The third-order valence-corrected chi connectivity index (χ3v) is 5.30. The Morgan fingerprint density at radius 3 is 2.87 bits per heavy atom. The Balaban J connectivity index is 1.45. The molecule has 4 aromatic rings. The lowest BCUT2D eigenvalue weighted by molar-refractivity contribution is -0.384. The third-order valence-electron chi connectivity index (χ3n) is 4.32. The number of pyridine rings is 1. The van der Waals surface area contributed by atoms with Crippen LogP contribution >= 0.6 is 27.5 Å². The maximum absolute atomic E-state index is 12.6. The normalized spacial score (nSPS) is 10.8. The molecule has 0 unspecified atom stereocenters. The summed E-state index contributed by atoms with van der Waals surface area (Å²) in [5.74, 6) is -0.137. The van der Waals surface area contributed by atoms with Gasteiger partial charge in [-0.15, -0.1) is 0 Å². The molecule has 156 valence electrons. The second-order valence-corrected chi connectivity index (χ2v) is 7.60. The van der Waals surface area contributed by atoms with E-state index in [1.165, 1.54) is 22.9 Å². The van der Waals surface area contributed by atoms with Gasteiger partial charge in [0.05, 0.1) is 21.2 Å². The van der Waals surface area contributed by atoms with E-state index in [0.29, 0.717) is 11.2 Å². The molecule has 9 nitrogen and oxygen atoms in total. The highest BCUT2D eigenvalue weighted by Gasteiger charge is 2.14. The molecule has 1 N–H and O–H groups in total. The van der Waals surface area contributed by atoms with Crippen LogP contribution in [0.2, 0.25) is 5.02 Å². The number of fused-ring (bicyclic) bond motifs is 1. The van der Waals surface area contributed by atoms with Crippen LogP contribution in [0.15, 0.2) is 65.4 Å². The smallest absolute Gasteiger partial charge is 0.276 e. The average molecular weight is 503 g/mol. The maximum Gasteiger partial charge on any atom is 0.276 e. The van der Waals surface area contributed by atoms with Gasteiger partial charge < -0.3 is 10.1 Å². The first kappa shape index (κ1) is 20.8. The van der Waals surface area contributed by atoms with Crippen molar-refractivity contribution in [3.05, 3.63) is 86.2 Å². The van der Waals surface area contributed by atoms with Gasteiger partial charge in [-0.05, 0) is 30.3 Å². The summed E-state index contributed by atoms with van der Waals surface area (Å²) in [5.41, 5.74) is 1.27. The van der Waals surface area contributed by atoms with Gasteiger partial charge in [0.25, 0.3) is 11.6 Å². The first-order valence-electron chi connectivity index (χ1n) is 8.87. The fourth-order valence-electron chi connectivity index (χ4n) is 2.84. The van der Waals surface area contributed by atoms with E-state index in [1.54, 1.807) is 24.5 Å². The van der Waals surface area contributed by atoms with Gasteiger partial charge in [0, 0.05) is 34.4 Å². The molecular formula is C20H13BrClN5O4. The number of benzene rings is 2. The molecule has 0 atom stereocenters. The standard InChI is InChI=1S/C20H13BrClN5O4/c21-14-4-5-16(19-13(14)2-1-8-23-19)24-20(28)17-7-9-26(25-17)11-31-18-6-3-12(27(29)30)10-15(18)22/h1-10H,11H2,(H,24,28). The summed E-state index contributed by atoms with van der Waals surface area (Å²) in [4.78, 5) is 27.2. The lowest BCUT2D eigenvalue weighted by Crippen LogP contribution is -2.14. The number of nitro groups is 1. The van der Waals surface area contributed by atoms with E-state index in [1.807, 2.05) is 18.2 Å². The van der Waals surface area contributed by atoms with Crippen molar-refractivity contribution in [1.29, 1.82) is 0 Å². The van der Waals surface area contributed by atoms with Gasteiger partial charge >= 0.3 is 0 Å². The second-order valence-electron chi connectivity index (χ2n) is 6.33. The van der Waals surface area contributed by atoms with Crippen molar-refractivity contribution >= 4 is 55.7 Å². The molecule has 1 amide bonds. The number of anilines is 1. The number of hydrogen-bond donors (Lipinski definition) is 1. The first-order chi connectivity index (χ1) is 14.9. The molecule has 2 heterocycles. The van der Waals surface area contributed by atoms with Gasteiger partial charge in [-0.1, -0.05) is 33.6 Å². The van der Waals surface area contributed by atoms with Gasteiger partial charge in [-0.3, -0.25) is 19.9 Å². The molecule has 11 heteroatoms. The van der Waals surface area contributed by atoms with E-state index in [4.69, 9.17) is 16.3 Å². The molecule has 0 bridgehead atoms. The second kappa shape index (κ2) is 8.70. The van der Waals surface area contributed by atoms with Crippen molar-refractivity contribution in [3.63, 3.8) is 0 Å². The van der Waals surface area contributed by atoms with Crippen LogP contribution in [-0.4, -0.2) is 25.6 Å². The largest absolute Gasteiger partial charge is 0.470 e. The van der Waals surface area contributed by atoms with E-state index in [0.717, 1.165) is 9.86 Å². The molecule has 0 fully saturated rings. The molecule has 0 radical (unpaired) electrons. The van der Waals surface area contributed by atoms with Crippen molar-refractivity contribution in [2.75, 3.05) is 5.32 Å². The van der Waals surface area contributed by atoms with Gasteiger partial charge in [0.2, 0.25) is 0 Å². The summed E-state index contributed by atoms with van der Waals surface area (Å²) in [6.45, 7) is -0.0341. The number of carbonyl (C=O) groups excluding carboxylic acids is 1. The van der Waals surface area contributed by atoms with Crippen LogP contribution in [0, 0.1) is 10.1 Å². The molecule has 0 aliphatic heterocycles. The van der Waals surface area contributed by atoms with E-state index in [-0.39, 0.29) is 28.9 Å². The Morgan fingerprint density at radius 2 is 2.10 bits per heavy atom. The summed E-state index contributed by atoms with van der Waals surface area (Å²) in [6.07, 6.45) is 3.23. The van der Waals surface area contributed by atoms with Crippen LogP contribution in [0.1, 0.15) is 10.5 Å². The predicted octanol–water partition coefficient (Wildman–Crippen LogP) is 5.04. The molecule has 0 spiro atoms. The third kappa shape index (κ3) is 4.49. The number of nitrogens with one attached hydrogen (secondary N) is 1. The maximum atomic E-state index is 12.6. The number of nitro benzene ring substituents is 1. The monoisotopic (exact) mass is 501 g/mol. The number of amides is 1. The van der Waals surface area contributed by atoms with Crippen molar-refractivity contribution in [2.45, 2.75) is 6.73 Å². The molecule has 31 heavy (non-hydrogen) atoms. The number of ether oxygens (including phenoxy) is 1. The van der Waals surface area contributed by atoms with E-state index in [2.05, 4.69) is 31.3 Å². The van der Waals surface area contributed by atoms with Crippen molar-refractivity contribution in [3.8, 4) is 5.75 Å². The summed E-state index contributed by atoms with van der Waals surface area (Å²) in [7, 11) is 0. The van der Waals surface area contributed by atoms with Gasteiger partial charge in [-0.2, -0.15) is 5.10 Å². The van der Waals surface area contributed by atoms with Gasteiger partial charge in [-0.25, -0.2) is 4.68 Å². The number of carbonyl (C=O) groups is 1. The quantitative estimate of drug-likeness (QED) is 0.292. The first-order valence-corrected chi connectivity index (χ1v) is 10.0. The Kier molecular flexibility index (Phi) is 5.83. The molecule has 2 aromatic carbocycles. The number of non-ortho nitro benzene ring substituents is 1. The number of aromatic nitrogens is 3. The lowest BCUT2D eigenvalue weighted by atomic mass is 10.2. The SMILES string of the molecule is O=C(Nc1ccc(Br)c2cccnc12)c1ccn(COc2ccc([N+](=O)[O-])cc2Cl)n1. The van der Waals surface area contributed by atoms with Crippen LogP contribution < -0.4 is 10.1 Å². The lowest BCUT2D eigenvalue weighted by Gasteiger charge is -2.09. The highest BCUT2D eigenvalue weighted by molar-refractivity contribution is 9.10. The van der Waals surface area contributed by atoms with Crippen LogP contribution in [0.5, 0.6) is 5.75 Å². The Bertz CT molecular complexity index is 1310. The number of halogens is 2. The van der Waals surface area contributed by atoms with Gasteiger partial charge in [0.15, 0.2) is 12.4 Å². The zero-order chi connectivity index (χ0) is 22.0. The van der Waals surface area contributed by atoms with Crippen molar-refractivity contribution in [2.24, 2.45) is 0 Å². The number of nitrogens with zero attached hydrogens (tertiary/aromatic N) is 4. The zero-order valence-electron chi connectivity index (χ0n) is 15.7. The minimum atomic E-state index is -0.543. The Morgan fingerprint density at radius 1 is 1.26 bits per heavy atom. The van der Waals surface area contributed by atoms with Crippen molar-refractivity contribution in [1.82, 2.24) is 14.8 Å². The highest BCUT2D eigenvalue weighted by atomic mass is 79.9. The summed E-state index contributed by atoms with van der Waals surface area (Å²) >= 11 is 9.48. The topological polar surface area (TPSA) is 112 Å². The van der Waals surface area contributed by atoms with Crippen LogP contribution in [0.25, 0.3) is 10.9 Å². The fourth-order valence-corrected chi connectivity index (χ4v) is 3.52. The fraction of sp³-hybridized carbons (Fsp3) is 0.0500. The summed E-state index contributed by atoms with van der Waals surface area (Å²) in [6, 6.07) is 12.8. The predicted molar refractivity (Wildman–Crippen MR) is 118 cm³/mol.